The van der Waals surface area contributed by atoms with Crippen LogP contribution in [0, 0.1) is 0 Å². The van der Waals surface area contributed by atoms with Gasteiger partial charge in [-0.05, 0) is 39.6 Å². The summed E-state index contributed by atoms with van der Waals surface area (Å²) in [6, 6.07) is 4.76. The van der Waals surface area contributed by atoms with E-state index in [0.717, 1.165) is 0 Å². The zero-order chi connectivity index (χ0) is 11.5. The molecule has 2 N–H and O–H groups in total. The molecular weight excluding hydrogens is 273 g/mol. The Labute approximate surface area is 100 Å². The summed E-state index contributed by atoms with van der Waals surface area (Å²) in [7, 11) is -1.54. The lowest BCUT2D eigenvalue weighted by Crippen LogP contribution is -2.30. The van der Waals surface area contributed by atoms with Gasteiger partial charge in [-0.25, -0.2) is 15.0 Å². The molecule has 0 spiro atoms. The molecule has 0 bridgehead atoms. The summed E-state index contributed by atoms with van der Waals surface area (Å²) in [5.41, 5.74) is 0.822. The Morgan fingerprint density at radius 1 is 1.12 bits per heavy atom. The standard InChI is InChI=1S/C9H7BBrN3O2/c11-8-5-6(10(15)16)4-7(14-8)9-12-2-1-3-13-9/h1-5,15-16H. The maximum absolute atomic E-state index is 9.09. The molecule has 2 aromatic heterocycles. The molecule has 2 aromatic rings. The van der Waals surface area contributed by atoms with Gasteiger partial charge < -0.3 is 10.0 Å². The van der Waals surface area contributed by atoms with E-state index in [1.807, 2.05) is 0 Å². The van der Waals surface area contributed by atoms with Crippen LogP contribution >= 0.6 is 15.9 Å². The van der Waals surface area contributed by atoms with E-state index < -0.39 is 7.12 Å². The predicted octanol–water partition coefficient (Wildman–Crippen LogP) is -0.0191. The molecule has 0 atom stereocenters. The van der Waals surface area contributed by atoms with Crippen LogP contribution < -0.4 is 5.46 Å². The van der Waals surface area contributed by atoms with Gasteiger partial charge in [0, 0.05) is 12.4 Å². The summed E-state index contributed by atoms with van der Waals surface area (Å²) in [5.74, 6) is 0.436. The van der Waals surface area contributed by atoms with Gasteiger partial charge in [-0.15, -0.1) is 0 Å². The van der Waals surface area contributed by atoms with Crippen LogP contribution in [0.3, 0.4) is 0 Å². The van der Waals surface area contributed by atoms with Crippen LogP contribution in [0.1, 0.15) is 0 Å². The highest BCUT2D eigenvalue weighted by atomic mass is 79.9. The van der Waals surface area contributed by atoms with Crippen molar-refractivity contribution in [2.75, 3.05) is 0 Å². The Bertz CT molecular complexity index is 495. The van der Waals surface area contributed by atoms with Crippen molar-refractivity contribution in [2.24, 2.45) is 0 Å². The zero-order valence-corrected chi connectivity index (χ0v) is 9.66. The second-order valence-electron chi connectivity index (χ2n) is 3.05. The van der Waals surface area contributed by atoms with Gasteiger partial charge in [0.1, 0.15) is 10.3 Å². The van der Waals surface area contributed by atoms with Gasteiger partial charge in [-0.1, -0.05) is 0 Å². The maximum atomic E-state index is 9.09. The van der Waals surface area contributed by atoms with Crippen molar-refractivity contribution >= 4 is 28.5 Å². The lowest BCUT2D eigenvalue weighted by Gasteiger charge is -2.03. The molecule has 0 amide bonds. The van der Waals surface area contributed by atoms with Gasteiger partial charge in [0.05, 0.1) is 0 Å². The van der Waals surface area contributed by atoms with Crippen LogP contribution in [0.2, 0.25) is 0 Å². The first-order valence-corrected chi connectivity index (χ1v) is 5.27. The SMILES string of the molecule is OB(O)c1cc(Br)nc(-c2ncccn2)c1. The molecule has 2 rings (SSSR count). The van der Waals surface area contributed by atoms with Crippen molar-refractivity contribution < 1.29 is 10.0 Å². The van der Waals surface area contributed by atoms with Gasteiger partial charge in [-0.2, -0.15) is 0 Å². The van der Waals surface area contributed by atoms with Gasteiger partial charge in [-0.3, -0.25) is 0 Å². The van der Waals surface area contributed by atoms with Crippen LogP contribution in [0.15, 0.2) is 35.2 Å². The summed E-state index contributed by atoms with van der Waals surface area (Å²) < 4.78 is 0.501. The normalized spacial score (nSPS) is 10.2. The molecule has 0 aliphatic carbocycles. The third-order valence-electron chi connectivity index (χ3n) is 1.91. The van der Waals surface area contributed by atoms with Crippen LogP contribution in [0.4, 0.5) is 0 Å². The lowest BCUT2D eigenvalue weighted by molar-refractivity contribution is 0.425. The zero-order valence-electron chi connectivity index (χ0n) is 8.08. The minimum Gasteiger partial charge on any atom is -0.423 e. The quantitative estimate of drug-likeness (QED) is 0.597. The molecule has 0 aromatic carbocycles. The lowest BCUT2D eigenvalue weighted by atomic mass is 9.80. The Morgan fingerprint density at radius 3 is 2.44 bits per heavy atom. The van der Waals surface area contributed by atoms with Gasteiger partial charge in [0.15, 0.2) is 5.82 Å². The fraction of sp³-hybridized carbons (Fsp3) is 0. The highest BCUT2D eigenvalue weighted by Gasteiger charge is 2.14. The number of pyridine rings is 1. The molecule has 2 heterocycles. The fourth-order valence-electron chi connectivity index (χ4n) is 1.21. The van der Waals surface area contributed by atoms with Gasteiger partial charge in [0.2, 0.25) is 0 Å². The second-order valence-corrected chi connectivity index (χ2v) is 3.87. The van der Waals surface area contributed by atoms with Crippen LogP contribution in [0.25, 0.3) is 11.5 Å². The van der Waals surface area contributed by atoms with Crippen LogP contribution in [-0.2, 0) is 0 Å². The molecule has 0 radical (unpaired) electrons. The van der Waals surface area contributed by atoms with Crippen molar-refractivity contribution in [1.82, 2.24) is 15.0 Å². The van der Waals surface area contributed by atoms with Crippen molar-refractivity contribution in [1.29, 1.82) is 0 Å². The first-order chi connectivity index (χ1) is 7.66. The molecule has 7 heteroatoms. The highest BCUT2D eigenvalue weighted by molar-refractivity contribution is 9.10. The molecule has 0 aliphatic heterocycles. The number of nitrogens with zero attached hydrogens (tertiary/aromatic N) is 3. The molecule has 0 aliphatic rings. The fourth-order valence-corrected chi connectivity index (χ4v) is 1.67. The van der Waals surface area contributed by atoms with E-state index in [0.29, 0.717) is 21.6 Å². The van der Waals surface area contributed by atoms with Gasteiger partial charge in [0.25, 0.3) is 0 Å². The smallest absolute Gasteiger partial charge is 0.423 e. The number of halogens is 1. The minimum absolute atomic E-state index is 0.337. The van der Waals surface area contributed by atoms with Crippen LogP contribution in [-0.4, -0.2) is 32.1 Å². The Morgan fingerprint density at radius 2 is 1.81 bits per heavy atom. The Hall–Kier alpha value is -1.31. The molecule has 16 heavy (non-hydrogen) atoms. The number of aromatic nitrogens is 3. The van der Waals surface area contributed by atoms with E-state index in [-0.39, 0.29) is 0 Å². The number of hydrogen-bond acceptors (Lipinski definition) is 5. The molecule has 0 fully saturated rings. The molecule has 0 unspecified atom stereocenters. The summed E-state index contributed by atoms with van der Waals surface area (Å²) in [6.45, 7) is 0. The first-order valence-electron chi connectivity index (χ1n) is 4.48. The highest BCUT2D eigenvalue weighted by Crippen LogP contribution is 2.13. The van der Waals surface area contributed by atoms with Gasteiger partial charge >= 0.3 is 7.12 Å². The first kappa shape index (κ1) is 11.2. The van der Waals surface area contributed by atoms with Crippen molar-refractivity contribution in [2.45, 2.75) is 0 Å². The summed E-state index contributed by atoms with van der Waals surface area (Å²) in [6.07, 6.45) is 3.19. The Kier molecular flexibility index (Phi) is 3.28. The molecule has 0 saturated carbocycles. The largest absolute Gasteiger partial charge is 0.488 e. The van der Waals surface area contributed by atoms with E-state index in [9.17, 15) is 0 Å². The maximum Gasteiger partial charge on any atom is 0.488 e. The second kappa shape index (κ2) is 4.69. The summed E-state index contributed by atoms with van der Waals surface area (Å²) in [4.78, 5) is 12.2. The molecule has 0 saturated heterocycles. The third kappa shape index (κ3) is 2.44. The predicted molar refractivity (Wildman–Crippen MR) is 62.8 cm³/mol. The Balaban J connectivity index is 2.50. The molecular formula is C9H7BBrN3O2. The number of rotatable bonds is 2. The van der Waals surface area contributed by atoms with Crippen LogP contribution in [0.5, 0.6) is 0 Å². The average Bonchev–Trinajstić information content (AvgIpc) is 2.29. The van der Waals surface area contributed by atoms with E-state index in [2.05, 4.69) is 30.9 Å². The monoisotopic (exact) mass is 279 g/mol. The third-order valence-corrected chi connectivity index (χ3v) is 2.32. The van der Waals surface area contributed by atoms with E-state index in [1.165, 1.54) is 12.1 Å². The van der Waals surface area contributed by atoms with E-state index >= 15 is 0 Å². The van der Waals surface area contributed by atoms with Crippen molar-refractivity contribution in [3.63, 3.8) is 0 Å². The minimum atomic E-state index is -1.54. The molecule has 80 valence electrons. The van der Waals surface area contributed by atoms with Crippen molar-refractivity contribution in [3.8, 4) is 11.5 Å². The topological polar surface area (TPSA) is 79.1 Å². The summed E-state index contributed by atoms with van der Waals surface area (Å²) in [5, 5.41) is 18.2. The average molecular weight is 280 g/mol. The molecule has 5 nitrogen and oxygen atoms in total. The number of hydrogen-bond donors (Lipinski definition) is 2. The van der Waals surface area contributed by atoms with E-state index in [4.69, 9.17) is 10.0 Å². The summed E-state index contributed by atoms with van der Waals surface area (Å²) >= 11 is 3.19. The van der Waals surface area contributed by atoms with Crippen molar-refractivity contribution in [3.05, 3.63) is 35.2 Å². The van der Waals surface area contributed by atoms with E-state index in [1.54, 1.807) is 18.5 Å².